The lowest BCUT2D eigenvalue weighted by molar-refractivity contribution is -0.921. The van der Waals surface area contributed by atoms with E-state index in [0.717, 1.165) is 56.3 Å². The van der Waals surface area contributed by atoms with Crippen molar-refractivity contribution >= 4 is 22.2 Å². The number of carbonyl (C=O) groups excluding carboxylic acids is 1. The Hall–Kier alpha value is -1.69. The van der Waals surface area contributed by atoms with Crippen LogP contribution in [-0.4, -0.2) is 32.2 Å². The summed E-state index contributed by atoms with van der Waals surface area (Å²) in [5.41, 5.74) is 4.96. The fraction of sp³-hybridized carbons (Fsp3) is 0.542. The second-order valence-corrected chi connectivity index (χ2v) is 10.4. The summed E-state index contributed by atoms with van der Waals surface area (Å²) in [7, 11) is 0. The second kappa shape index (κ2) is 8.58. The van der Waals surface area contributed by atoms with Crippen molar-refractivity contribution in [2.75, 3.05) is 31.6 Å². The molecule has 1 aromatic heterocycles. The Labute approximate surface area is 178 Å². The van der Waals surface area contributed by atoms with E-state index in [1.165, 1.54) is 34.4 Å². The van der Waals surface area contributed by atoms with Crippen LogP contribution >= 0.6 is 11.3 Å². The molecule has 0 bridgehead atoms. The Bertz CT molecular complexity index is 858. The fourth-order valence-corrected chi connectivity index (χ4v) is 5.61. The van der Waals surface area contributed by atoms with Crippen LogP contribution in [-0.2, 0) is 29.5 Å². The standard InChI is InChI=1S/C24H32N2O2S/c1-24(2,3)18-10-8-17(9-11-18)22(27)25-23-20(16-26-12-14-28-15-13-26)19-6-4-5-7-21(19)29-23/h8-11H,4-7,12-16H2,1-3H3,(H,25,27)/p+1. The molecule has 0 saturated carbocycles. The first kappa shape index (κ1) is 20.6. The number of thiophene rings is 1. The van der Waals surface area contributed by atoms with Gasteiger partial charge in [-0.05, 0) is 54.4 Å². The summed E-state index contributed by atoms with van der Waals surface area (Å²) in [5, 5.41) is 4.34. The van der Waals surface area contributed by atoms with Gasteiger partial charge in [0.2, 0.25) is 0 Å². The van der Waals surface area contributed by atoms with Crippen LogP contribution in [0.4, 0.5) is 5.00 Å². The summed E-state index contributed by atoms with van der Waals surface area (Å²) < 4.78 is 5.53. The average Bonchev–Trinajstić information content (AvgIpc) is 3.05. The van der Waals surface area contributed by atoms with Crippen molar-refractivity contribution in [2.24, 2.45) is 0 Å². The average molecular weight is 414 g/mol. The first-order valence-electron chi connectivity index (χ1n) is 10.9. The molecule has 0 atom stereocenters. The summed E-state index contributed by atoms with van der Waals surface area (Å²) >= 11 is 1.80. The molecule has 1 aromatic carbocycles. The van der Waals surface area contributed by atoms with Gasteiger partial charge in [-0.3, -0.25) is 4.79 Å². The molecule has 4 rings (SSSR count). The van der Waals surface area contributed by atoms with Crippen LogP contribution in [0, 0.1) is 0 Å². The summed E-state index contributed by atoms with van der Waals surface area (Å²) in [5.74, 6) is 0.00211. The highest BCUT2D eigenvalue weighted by Crippen LogP contribution is 2.38. The predicted octanol–water partition coefficient (Wildman–Crippen LogP) is 3.59. The van der Waals surface area contributed by atoms with E-state index in [4.69, 9.17) is 4.74 Å². The lowest BCUT2D eigenvalue weighted by atomic mass is 9.87. The zero-order valence-electron chi connectivity index (χ0n) is 17.9. The Balaban J connectivity index is 1.55. The smallest absolute Gasteiger partial charge is 0.256 e. The highest BCUT2D eigenvalue weighted by atomic mass is 32.1. The number of benzene rings is 1. The van der Waals surface area contributed by atoms with Crippen LogP contribution in [0.2, 0.25) is 0 Å². The number of hydrogen-bond acceptors (Lipinski definition) is 3. The number of rotatable bonds is 4. The first-order chi connectivity index (χ1) is 13.9. The van der Waals surface area contributed by atoms with Crippen LogP contribution in [0.1, 0.15) is 65.5 Å². The molecular weight excluding hydrogens is 380 g/mol. The van der Waals surface area contributed by atoms with E-state index in [2.05, 4.69) is 38.2 Å². The summed E-state index contributed by atoms with van der Waals surface area (Å²) in [6.45, 7) is 11.3. The summed E-state index contributed by atoms with van der Waals surface area (Å²) in [6, 6.07) is 8.06. The number of aryl methyl sites for hydroxylation is 1. The monoisotopic (exact) mass is 413 g/mol. The molecule has 5 heteroatoms. The van der Waals surface area contributed by atoms with E-state index < -0.39 is 0 Å². The minimum atomic E-state index is 0.00211. The zero-order valence-corrected chi connectivity index (χ0v) is 18.7. The predicted molar refractivity (Wildman–Crippen MR) is 119 cm³/mol. The van der Waals surface area contributed by atoms with E-state index in [1.54, 1.807) is 16.2 Å². The Morgan fingerprint density at radius 2 is 1.79 bits per heavy atom. The molecule has 2 heterocycles. The maximum atomic E-state index is 13.0. The molecular formula is C24H33N2O2S+. The fourth-order valence-electron chi connectivity index (χ4n) is 4.30. The van der Waals surface area contributed by atoms with Crippen molar-refractivity contribution in [1.82, 2.24) is 0 Å². The Morgan fingerprint density at radius 3 is 2.48 bits per heavy atom. The number of quaternary nitrogens is 1. The number of fused-ring (bicyclic) bond motifs is 1. The molecule has 1 saturated heterocycles. The molecule has 1 aliphatic carbocycles. The Morgan fingerprint density at radius 1 is 1.10 bits per heavy atom. The minimum Gasteiger partial charge on any atom is -0.370 e. The molecule has 2 N–H and O–H groups in total. The van der Waals surface area contributed by atoms with E-state index in [9.17, 15) is 4.79 Å². The molecule has 156 valence electrons. The summed E-state index contributed by atoms with van der Waals surface area (Å²) in [4.78, 5) is 16.0. The van der Waals surface area contributed by atoms with Crippen molar-refractivity contribution in [3.05, 3.63) is 51.4 Å². The lowest BCUT2D eigenvalue weighted by Crippen LogP contribution is -3.12. The van der Waals surface area contributed by atoms with Crippen molar-refractivity contribution in [3.63, 3.8) is 0 Å². The number of hydrogen-bond donors (Lipinski definition) is 2. The van der Waals surface area contributed by atoms with Crippen LogP contribution in [0.3, 0.4) is 0 Å². The van der Waals surface area contributed by atoms with Gasteiger partial charge >= 0.3 is 0 Å². The molecule has 1 aliphatic heterocycles. The van der Waals surface area contributed by atoms with Gasteiger partial charge in [-0.25, -0.2) is 0 Å². The lowest BCUT2D eigenvalue weighted by Gasteiger charge is -2.25. The van der Waals surface area contributed by atoms with Crippen molar-refractivity contribution in [3.8, 4) is 0 Å². The van der Waals surface area contributed by atoms with Gasteiger partial charge < -0.3 is 15.0 Å². The van der Waals surface area contributed by atoms with Crippen LogP contribution in [0.5, 0.6) is 0 Å². The molecule has 0 unspecified atom stereocenters. The molecule has 0 radical (unpaired) electrons. The van der Waals surface area contributed by atoms with Gasteiger partial charge in [0.05, 0.1) is 13.2 Å². The van der Waals surface area contributed by atoms with Gasteiger partial charge in [-0.15, -0.1) is 11.3 Å². The Kier molecular flexibility index (Phi) is 6.09. The maximum Gasteiger partial charge on any atom is 0.256 e. The van der Waals surface area contributed by atoms with Crippen molar-refractivity contribution in [1.29, 1.82) is 0 Å². The third-order valence-corrected chi connectivity index (χ3v) is 7.40. The molecule has 0 spiro atoms. The SMILES string of the molecule is CC(C)(C)c1ccc(C(=O)Nc2sc3c(c2C[NH+]2CCOCC2)CCCC3)cc1. The molecule has 1 amide bonds. The molecule has 2 aromatic rings. The maximum absolute atomic E-state index is 13.0. The quantitative estimate of drug-likeness (QED) is 0.804. The molecule has 1 fully saturated rings. The van der Waals surface area contributed by atoms with E-state index in [-0.39, 0.29) is 11.3 Å². The molecule has 29 heavy (non-hydrogen) atoms. The number of nitrogens with one attached hydrogen (secondary N) is 2. The first-order valence-corrected chi connectivity index (χ1v) is 11.7. The topological polar surface area (TPSA) is 42.8 Å². The van der Waals surface area contributed by atoms with Gasteiger partial charge in [0, 0.05) is 16.0 Å². The number of carbonyl (C=O) groups is 1. The second-order valence-electron chi connectivity index (χ2n) is 9.34. The van der Waals surface area contributed by atoms with Gasteiger partial charge in [0.25, 0.3) is 5.91 Å². The van der Waals surface area contributed by atoms with Crippen LogP contribution in [0.15, 0.2) is 24.3 Å². The van der Waals surface area contributed by atoms with Gasteiger partial charge in [-0.2, -0.15) is 0 Å². The van der Waals surface area contributed by atoms with E-state index >= 15 is 0 Å². The van der Waals surface area contributed by atoms with Gasteiger partial charge in [-0.1, -0.05) is 32.9 Å². The normalized spacial score (nSPS) is 17.8. The highest BCUT2D eigenvalue weighted by molar-refractivity contribution is 7.16. The third kappa shape index (κ3) is 4.73. The van der Waals surface area contributed by atoms with Crippen LogP contribution in [0.25, 0.3) is 0 Å². The van der Waals surface area contributed by atoms with E-state index in [1.807, 2.05) is 12.1 Å². The molecule has 4 nitrogen and oxygen atoms in total. The number of anilines is 1. The third-order valence-electron chi connectivity index (χ3n) is 6.15. The number of ether oxygens (including phenoxy) is 1. The summed E-state index contributed by atoms with van der Waals surface area (Å²) in [6.07, 6.45) is 4.83. The number of morpholine rings is 1. The largest absolute Gasteiger partial charge is 0.370 e. The molecule has 2 aliphatic rings. The van der Waals surface area contributed by atoms with Gasteiger partial charge in [0.15, 0.2) is 0 Å². The minimum absolute atomic E-state index is 0.00211. The zero-order chi connectivity index (χ0) is 20.4. The van der Waals surface area contributed by atoms with E-state index in [0.29, 0.717) is 0 Å². The number of amides is 1. The highest BCUT2D eigenvalue weighted by Gasteiger charge is 2.26. The van der Waals surface area contributed by atoms with Crippen molar-refractivity contribution in [2.45, 2.75) is 58.4 Å². The van der Waals surface area contributed by atoms with Crippen LogP contribution < -0.4 is 10.2 Å². The van der Waals surface area contributed by atoms with Gasteiger partial charge in [0.1, 0.15) is 24.6 Å². The van der Waals surface area contributed by atoms with Crippen molar-refractivity contribution < 1.29 is 14.4 Å².